The van der Waals surface area contributed by atoms with Crippen LogP contribution in [-0.4, -0.2) is 14.5 Å². The molecule has 4 nitrogen and oxygen atoms in total. The smallest absolute Gasteiger partial charge is 0.0774 e. The number of fused-ring (bicyclic) bond motifs is 2. The van der Waals surface area contributed by atoms with Crippen LogP contribution >= 0.6 is 0 Å². The van der Waals surface area contributed by atoms with E-state index in [-0.39, 0.29) is 31.2 Å². The molecule has 58 heavy (non-hydrogen) atoms. The molecule has 0 spiro atoms. The summed E-state index contributed by atoms with van der Waals surface area (Å²) in [6.07, 6.45) is 5.40. The van der Waals surface area contributed by atoms with Crippen molar-refractivity contribution in [3.63, 3.8) is 0 Å². The van der Waals surface area contributed by atoms with Crippen LogP contribution < -0.4 is 0 Å². The van der Waals surface area contributed by atoms with Gasteiger partial charge >= 0.3 is 0 Å². The first-order chi connectivity index (χ1) is 30.5. The van der Waals surface area contributed by atoms with E-state index in [1.807, 2.05) is 12.1 Å². The molecule has 0 atom stereocenters. The molecular weight excluding hydrogens is 887 g/mol. The molecule has 10 rings (SSSR count). The normalized spacial score (nSPS) is 12.8. The molecule has 0 saturated heterocycles. The monoisotopic (exact) mass is 932 g/mol. The van der Waals surface area contributed by atoms with Gasteiger partial charge in [-0.15, -0.1) is 41.5 Å². The number of aryl methyl sites for hydroxylation is 2. The summed E-state index contributed by atoms with van der Waals surface area (Å²) in [6, 6.07) is 63.4. The summed E-state index contributed by atoms with van der Waals surface area (Å²) in [4.78, 5) is 9.29. The third kappa shape index (κ3) is 7.96. The molecule has 0 bridgehead atoms. The number of aromatic nitrogens is 3. The largest absolute Gasteiger partial charge is 0.557 e. The maximum absolute atomic E-state index is 7.28. The molecule has 1 radical (unpaired) electrons. The second-order valence-corrected chi connectivity index (χ2v) is 13.7. The van der Waals surface area contributed by atoms with Gasteiger partial charge in [0.25, 0.3) is 0 Å². The molecule has 0 amide bonds. The number of imidazole rings is 1. The second-order valence-electron chi connectivity index (χ2n) is 13.7. The van der Waals surface area contributed by atoms with Gasteiger partial charge in [-0.2, -0.15) is 0 Å². The molecule has 0 saturated carbocycles. The zero-order valence-electron chi connectivity index (χ0n) is 37.2. The average Bonchev–Trinajstić information content (AvgIpc) is 3.91. The summed E-state index contributed by atoms with van der Waals surface area (Å²) in [7, 11) is 0. The summed E-state index contributed by atoms with van der Waals surface area (Å²) in [5, 5.41) is 0.992. The topological polar surface area (TPSA) is 43.9 Å². The first-order valence-electron chi connectivity index (χ1n) is 21.7. The third-order valence-corrected chi connectivity index (χ3v) is 9.90. The van der Waals surface area contributed by atoms with Crippen LogP contribution in [0.3, 0.4) is 0 Å². The van der Waals surface area contributed by atoms with E-state index in [1.165, 1.54) is 35.5 Å². The third-order valence-electron chi connectivity index (χ3n) is 9.90. The molecule has 0 unspecified atom stereocenters. The number of hydrogen-bond donors (Lipinski definition) is 0. The van der Waals surface area contributed by atoms with Gasteiger partial charge in [0.2, 0.25) is 0 Å². The maximum atomic E-state index is 7.28. The van der Waals surface area contributed by atoms with E-state index in [2.05, 4.69) is 161 Å². The van der Waals surface area contributed by atoms with Crippen molar-refractivity contribution < 1.29 is 32.7 Å². The SMILES string of the molecule is [2H]C([2H])([2H])c1c[c-]c(-c2ccc(C([2H])([2H])[2H])cn2)cc1.[Ir].[c-]1oc2cc(Cc3ccccc3)ccc2c1-c1nc2ccccc2n1-c1c(-c2ccccc2)cccc1-c1ccccc1. The Labute approximate surface area is 361 Å². The molecule has 0 N–H and O–H groups in total. The van der Waals surface area contributed by atoms with Crippen LogP contribution in [0.4, 0.5) is 0 Å². The van der Waals surface area contributed by atoms with Crippen LogP contribution in [0.25, 0.3) is 72.6 Å². The van der Waals surface area contributed by atoms with Crippen molar-refractivity contribution in [3.8, 4) is 50.6 Å². The van der Waals surface area contributed by atoms with E-state index in [0.29, 0.717) is 11.3 Å². The van der Waals surface area contributed by atoms with Gasteiger partial charge in [-0.05, 0) is 53.4 Å². The summed E-state index contributed by atoms with van der Waals surface area (Å²) in [6.45, 7) is -4.34. The van der Waals surface area contributed by atoms with E-state index >= 15 is 0 Å². The molecular formula is C53H39IrN3O-2. The number of pyridine rings is 1. The van der Waals surface area contributed by atoms with Crippen molar-refractivity contribution in [3.05, 3.63) is 223 Å². The Bertz CT molecular complexity index is 3030. The number of para-hydroxylation sites is 3. The van der Waals surface area contributed by atoms with Gasteiger partial charge in [-0.25, -0.2) is 0 Å². The van der Waals surface area contributed by atoms with Crippen LogP contribution in [0.2, 0.25) is 0 Å². The molecule has 0 aliphatic heterocycles. The van der Waals surface area contributed by atoms with Crippen LogP contribution in [0.5, 0.6) is 0 Å². The maximum Gasteiger partial charge on any atom is 0.0774 e. The Morgan fingerprint density at radius 1 is 0.638 bits per heavy atom. The fourth-order valence-electron chi connectivity index (χ4n) is 7.17. The van der Waals surface area contributed by atoms with Crippen molar-refractivity contribution in [2.45, 2.75) is 20.1 Å². The molecule has 10 aromatic rings. The number of furan rings is 1. The fraction of sp³-hybridized carbons (Fsp3) is 0.0566. The zero-order chi connectivity index (χ0) is 43.6. The summed E-state index contributed by atoms with van der Waals surface area (Å²) < 4.78 is 52.1. The quantitative estimate of drug-likeness (QED) is 0.150. The fourth-order valence-corrected chi connectivity index (χ4v) is 7.17. The van der Waals surface area contributed by atoms with Gasteiger partial charge in [0, 0.05) is 57.5 Å². The molecule has 0 aliphatic carbocycles. The van der Waals surface area contributed by atoms with E-state index < -0.39 is 13.7 Å². The molecule has 0 fully saturated rings. The van der Waals surface area contributed by atoms with Gasteiger partial charge < -0.3 is 14.0 Å². The van der Waals surface area contributed by atoms with Crippen LogP contribution in [0, 0.1) is 26.0 Å². The Balaban J connectivity index is 0.000000225. The molecule has 3 heterocycles. The van der Waals surface area contributed by atoms with Crippen LogP contribution in [0.1, 0.15) is 30.5 Å². The van der Waals surface area contributed by atoms with Gasteiger partial charge in [0.05, 0.1) is 22.5 Å². The predicted octanol–water partition coefficient (Wildman–Crippen LogP) is 13.3. The predicted molar refractivity (Wildman–Crippen MR) is 233 cm³/mol. The Hall–Kier alpha value is -6.65. The first-order valence-corrected chi connectivity index (χ1v) is 18.7. The number of hydrogen-bond acceptors (Lipinski definition) is 3. The Kier molecular flexibility index (Phi) is 9.34. The van der Waals surface area contributed by atoms with Gasteiger partial charge in [-0.3, -0.25) is 4.98 Å². The number of nitrogens with zero attached hydrogens (tertiary/aromatic N) is 3. The Morgan fingerprint density at radius 3 is 1.97 bits per heavy atom. The van der Waals surface area contributed by atoms with Crippen molar-refractivity contribution >= 4 is 22.0 Å². The van der Waals surface area contributed by atoms with Crippen molar-refractivity contribution in [2.75, 3.05) is 0 Å². The summed E-state index contributed by atoms with van der Waals surface area (Å²) in [5.41, 5.74) is 13.2. The van der Waals surface area contributed by atoms with Crippen molar-refractivity contribution in [1.29, 1.82) is 0 Å². The van der Waals surface area contributed by atoms with Crippen molar-refractivity contribution in [1.82, 2.24) is 14.5 Å². The average molecular weight is 932 g/mol. The number of rotatable bonds is 7. The second kappa shape index (κ2) is 17.2. The minimum Gasteiger partial charge on any atom is -0.557 e. The molecule has 7 aromatic carbocycles. The molecule has 0 aliphatic rings. The molecule has 3 aromatic heterocycles. The van der Waals surface area contributed by atoms with E-state index in [1.54, 1.807) is 12.1 Å². The van der Waals surface area contributed by atoms with Gasteiger partial charge in [-0.1, -0.05) is 169 Å². The van der Waals surface area contributed by atoms with Gasteiger partial charge in [0.15, 0.2) is 0 Å². The van der Waals surface area contributed by atoms with E-state index in [9.17, 15) is 0 Å². The van der Waals surface area contributed by atoms with Gasteiger partial charge in [0.1, 0.15) is 0 Å². The van der Waals surface area contributed by atoms with Crippen LogP contribution in [-0.2, 0) is 26.5 Å². The standard InChI is InChI=1S/C40H27N2O.C13H12N.Ir/c1-4-13-28(14-5-1)25-29-23-24-34-35(27-43-38(34)26-29)40-41-36-21-10-11-22-37(36)42(40)39-32(30-15-6-2-7-16-30)19-12-20-33(39)31-17-8-3-9-18-31;1-10-3-6-12(7-4-10)13-8-5-11(2)9-14-13;/h1-24,26H,25H2;3-6,8-9H,1-2H3;/q2*-1;/i;1D3,2D3;. The first kappa shape index (κ1) is 31.4. The molecule has 5 heteroatoms. The van der Waals surface area contributed by atoms with Crippen molar-refractivity contribution in [2.24, 2.45) is 0 Å². The minimum absolute atomic E-state index is 0. The van der Waals surface area contributed by atoms with Crippen LogP contribution in [0.15, 0.2) is 193 Å². The Morgan fingerprint density at radius 2 is 1.31 bits per heavy atom. The molecule has 283 valence electrons. The summed E-state index contributed by atoms with van der Waals surface area (Å²) >= 11 is 0. The number of benzene rings is 7. The summed E-state index contributed by atoms with van der Waals surface area (Å²) in [5.74, 6) is 0.802. The van der Waals surface area contributed by atoms with E-state index in [0.717, 1.165) is 67.8 Å². The zero-order valence-corrected chi connectivity index (χ0v) is 33.6. The minimum atomic E-state index is -2.18. The van der Waals surface area contributed by atoms with E-state index in [4.69, 9.17) is 17.6 Å².